The van der Waals surface area contributed by atoms with Crippen molar-refractivity contribution < 1.29 is 14.6 Å². The quantitative estimate of drug-likeness (QED) is 0.786. The van der Waals surface area contributed by atoms with E-state index in [1.807, 2.05) is 6.92 Å². The minimum Gasteiger partial charge on any atom is -0.496 e. The van der Waals surface area contributed by atoms with Gasteiger partial charge in [-0.1, -0.05) is 6.07 Å². The second kappa shape index (κ2) is 3.90. The van der Waals surface area contributed by atoms with Crippen molar-refractivity contribution in [3.05, 3.63) is 29.3 Å². The molecule has 4 heteroatoms. The van der Waals surface area contributed by atoms with Crippen molar-refractivity contribution in [3.8, 4) is 5.75 Å². The summed E-state index contributed by atoms with van der Waals surface area (Å²) in [4.78, 5) is 10.9. The van der Waals surface area contributed by atoms with Crippen LogP contribution in [0.3, 0.4) is 0 Å². The Morgan fingerprint density at radius 3 is 2.53 bits per heavy atom. The van der Waals surface area contributed by atoms with Crippen molar-refractivity contribution in [3.63, 3.8) is 0 Å². The Hall–Kier alpha value is -1.55. The van der Waals surface area contributed by atoms with Crippen molar-refractivity contribution >= 4 is 5.97 Å². The van der Waals surface area contributed by atoms with Crippen LogP contribution in [0.25, 0.3) is 0 Å². The highest BCUT2D eigenvalue weighted by molar-refractivity contribution is 5.80. The Bertz CT molecular complexity index is 385. The van der Waals surface area contributed by atoms with Crippen LogP contribution in [0.2, 0.25) is 0 Å². The highest BCUT2D eigenvalue weighted by atomic mass is 16.5. The maximum atomic E-state index is 10.9. The van der Waals surface area contributed by atoms with Crippen LogP contribution in [-0.4, -0.2) is 18.2 Å². The van der Waals surface area contributed by atoms with Crippen molar-refractivity contribution in [1.29, 1.82) is 0 Å². The molecule has 0 aromatic heterocycles. The molecular formula is C11H15NO3. The van der Waals surface area contributed by atoms with Gasteiger partial charge in [0.1, 0.15) is 11.3 Å². The Labute approximate surface area is 88.7 Å². The summed E-state index contributed by atoms with van der Waals surface area (Å²) < 4.78 is 5.08. The number of carboxylic acid groups (broad SMARTS) is 1. The lowest BCUT2D eigenvalue weighted by Crippen LogP contribution is -2.41. The number of aliphatic carboxylic acids is 1. The highest BCUT2D eigenvalue weighted by Gasteiger charge is 2.30. The van der Waals surface area contributed by atoms with Gasteiger partial charge in [-0.25, -0.2) is 4.79 Å². The monoisotopic (exact) mass is 209 g/mol. The molecular weight excluding hydrogens is 194 g/mol. The number of methoxy groups -OCH3 is 1. The van der Waals surface area contributed by atoms with Crippen molar-refractivity contribution in [2.24, 2.45) is 5.73 Å². The van der Waals surface area contributed by atoms with Gasteiger partial charge in [0, 0.05) is 0 Å². The molecule has 0 saturated heterocycles. The molecule has 0 aliphatic rings. The molecule has 0 amide bonds. The lowest BCUT2D eigenvalue weighted by molar-refractivity contribution is -0.143. The molecule has 82 valence electrons. The van der Waals surface area contributed by atoms with Gasteiger partial charge in [0.25, 0.3) is 0 Å². The first-order valence-electron chi connectivity index (χ1n) is 4.57. The Kier molecular flexibility index (Phi) is 3.00. The van der Waals surface area contributed by atoms with Gasteiger partial charge < -0.3 is 15.6 Å². The number of aryl methyl sites for hydroxylation is 1. The van der Waals surface area contributed by atoms with Gasteiger partial charge in [0.2, 0.25) is 0 Å². The lowest BCUT2D eigenvalue weighted by Gasteiger charge is -2.20. The molecule has 0 radical (unpaired) electrons. The minimum atomic E-state index is -1.36. The number of carboxylic acids is 1. The molecule has 0 fully saturated rings. The number of ether oxygens (including phenoxy) is 1. The maximum absolute atomic E-state index is 10.9. The standard InChI is InChI=1S/C11H15NO3/c1-7-6-8(4-5-9(7)15-3)11(2,12)10(13)14/h4-6H,12H2,1-3H3,(H,13,14). The summed E-state index contributed by atoms with van der Waals surface area (Å²) in [6.07, 6.45) is 0. The van der Waals surface area contributed by atoms with Crippen molar-refractivity contribution in [1.82, 2.24) is 0 Å². The first kappa shape index (κ1) is 11.5. The van der Waals surface area contributed by atoms with E-state index in [0.29, 0.717) is 5.56 Å². The molecule has 0 aliphatic heterocycles. The van der Waals surface area contributed by atoms with Crippen LogP contribution < -0.4 is 10.5 Å². The smallest absolute Gasteiger partial charge is 0.328 e. The summed E-state index contributed by atoms with van der Waals surface area (Å²) in [5.74, 6) is -0.327. The van der Waals surface area contributed by atoms with E-state index in [2.05, 4.69) is 0 Å². The molecule has 4 nitrogen and oxygen atoms in total. The summed E-state index contributed by atoms with van der Waals surface area (Å²) in [6.45, 7) is 3.32. The molecule has 1 unspecified atom stereocenters. The second-order valence-electron chi connectivity index (χ2n) is 3.69. The third-order valence-corrected chi connectivity index (χ3v) is 2.44. The largest absolute Gasteiger partial charge is 0.496 e. The minimum absolute atomic E-state index is 0.563. The molecule has 0 heterocycles. The molecule has 0 saturated carbocycles. The first-order chi connectivity index (χ1) is 6.89. The zero-order chi connectivity index (χ0) is 11.6. The van der Waals surface area contributed by atoms with Crippen LogP contribution in [0.1, 0.15) is 18.1 Å². The topological polar surface area (TPSA) is 72.5 Å². The second-order valence-corrected chi connectivity index (χ2v) is 3.69. The van der Waals surface area contributed by atoms with Gasteiger partial charge >= 0.3 is 5.97 Å². The van der Waals surface area contributed by atoms with E-state index >= 15 is 0 Å². The van der Waals surface area contributed by atoms with E-state index in [0.717, 1.165) is 11.3 Å². The molecule has 1 aromatic carbocycles. The number of hydrogen-bond acceptors (Lipinski definition) is 3. The van der Waals surface area contributed by atoms with E-state index < -0.39 is 11.5 Å². The molecule has 1 aromatic rings. The van der Waals surface area contributed by atoms with Gasteiger partial charge in [0.15, 0.2) is 0 Å². The van der Waals surface area contributed by atoms with Gasteiger partial charge in [-0.15, -0.1) is 0 Å². The van der Waals surface area contributed by atoms with Crippen LogP contribution in [0.5, 0.6) is 5.75 Å². The lowest BCUT2D eigenvalue weighted by atomic mass is 9.92. The molecule has 0 bridgehead atoms. The van der Waals surface area contributed by atoms with E-state index in [9.17, 15) is 4.79 Å². The zero-order valence-corrected chi connectivity index (χ0v) is 9.07. The number of nitrogens with two attached hydrogens (primary N) is 1. The van der Waals surface area contributed by atoms with Crippen molar-refractivity contribution in [2.45, 2.75) is 19.4 Å². The summed E-state index contributed by atoms with van der Waals surface area (Å²) >= 11 is 0. The van der Waals surface area contributed by atoms with E-state index in [1.54, 1.807) is 25.3 Å². The third kappa shape index (κ3) is 2.10. The van der Waals surface area contributed by atoms with Gasteiger partial charge in [-0.05, 0) is 37.1 Å². The fourth-order valence-corrected chi connectivity index (χ4v) is 1.32. The molecule has 0 aliphatic carbocycles. The average molecular weight is 209 g/mol. The number of rotatable bonds is 3. The number of carbonyl (C=O) groups is 1. The average Bonchev–Trinajstić information content (AvgIpc) is 2.17. The van der Waals surface area contributed by atoms with E-state index in [1.165, 1.54) is 6.92 Å². The van der Waals surface area contributed by atoms with Gasteiger partial charge in [0.05, 0.1) is 7.11 Å². The van der Waals surface area contributed by atoms with Crippen LogP contribution in [0.15, 0.2) is 18.2 Å². The predicted molar refractivity (Wildman–Crippen MR) is 56.9 cm³/mol. The van der Waals surface area contributed by atoms with Crippen LogP contribution in [-0.2, 0) is 10.3 Å². The Morgan fingerprint density at radius 1 is 1.53 bits per heavy atom. The fraction of sp³-hybridized carbons (Fsp3) is 0.364. The summed E-state index contributed by atoms with van der Waals surface area (Å²) in [7, 11) is 1.57. The number of hydrogen-bond donors (Lipinski definition) is 2. The highest BCUT2D eigenvalue weighted by Crippen LogP contribution is 2.24. The normalized spacial score (nSPS) is 14.4. The van der Waals surface area contributed by atoms with Gasteiger partial charge in [-0.2, -0.15) is 0 Å². The Morgan fingerprint density at radius 2 is 2.13 bits per heavy atom. The maximum Gasteiger partial charge on any atom is 0.328 e. The summed E-state index contributed by atoms with van der Waals surface area (Å²) in [5.41, 5.74) is 5.77. The van der Waals surface area contributed by atoms with Crippen LogP contribution >= 0.6 is 0 Å². The molecule has 1 rings (SSSR count). The van der Waals surface area contributed by atoms with Crippen LogP contribution in [0, 0.1) is 6.92 Å². The van der Waals surface area contributed by atoms with E-state index in [4.69, 9.17) is 15.6 Å². The molecule has 0 spiro atoms. The first-order valence-corrected chi connectivity index (χ1v) is 4.57. The van der Waals surface area contributed by atoms with Crippen LogP contribution in [0.4, 0.5) is 0 Å². The third-order valence-electron chi connectivity index (χ3n) is 2.44. The molecule has 15 heavy (non-hydrogen) atoms. The SMILES string of the molecule is COc1ccc(C(C)(N)C(=O)O)cc1C. The van der Waals surface area contributed by atoms with E-state index in [-0.39, 0.29) is 0 Å². The number of benzene rings is 1. The summed E-state index contributed by atoms with van der Waals surface area (Å²) in [5, 5.41) is 8.96. The zero-order valence-electron chi connectivity index (χ0n) is 9.07. The molecule has 3 N–H and O–H groups in total. The van der Waals surface area contributed by atoms with Crippen molar-refractivity contribution in [2.75, 3.05) is 7.11 Å². The summed E-state index contributed by atoms with van der Waals surface area (Å²) in [6, 6.07) is 5.12. The molecule has 1 atom stereocenters. The fourth-order valence-electron chi connectivity index (χ4n) is 1.32. The Balaban J connectivity index is 3.18. The van der Waals surface area contributed by atoms with Gasteiger partial charge in [-0.3, -0.25) is 0 Å². The predicted octanol–water partition coefficient (Wildman–Crippen LogP) is 1.26.